The van der Waals surface area contributed by atoms with E-state index in [0.29, 0.717) is 6.04 Å². The Bertz CT molecular complexity index is 485. The Kier molecular flexibility index (Phi) is 5.56. The number of benzene rings is 1. The van der Waals surface area contributed by atoms with Crippen LogP contribution in [0.1, 0.15) is 36.5 Å². The van der Waals surface area contributed by atoms with Crippen molar-refractivity contribution < 1.29 is 13.9 Å². The summed E-state index contributed by atoms with van der Waals surface area (Å²) in [5, 5.41) is 3.39. The number of nitrogens with zero attached hydrogens (tertiary/aromatic N) is 1. The summed E-state index contributed by atoms with van der Waals surface area (Å²) < 4.78 is 18.2. The maximum atomic E-state index is 13.6. The molecule has 0 bridgehead atoms. The van der Waals surface area contributed by atoms with Crippen LogP contribution >= 0.6 is 0 Å². The molecule has 0 atom stereocenters. The number of methoxy groups -OCH3 is 1. The number of esters is 1. The van der Waals surface area contributed by atoms with Crippen LogP contribution in [0.15, 0.2) is 18.2 Å². The maximum absolute atomic E-state index is 13.6. The van der Waals surface area contributed by atoms with Gasteiger partial charge in [-0.1, -0.05) is 6.92 Å². The minimum Gasteiger partial charge on any atom is -0.465 e. The summed E-state index contributed by atoms with van der Waals surface area (Å²) in [6.07, 6.45) is 3.30. The molecule has 1 aliphatic heterocycles. The highest BCUT2D eigenvalue weighted by Gasteiger charge is 2.19. The van der Waals surface area contributed by atoms with Crippen molar-refractivity contribution in [2.24, 2.45) is 0 Å². The lowest BCUT2D eigenvalue weighted by atomic mass is 10.0. The number of likely N-dealkylation sites (tertiary alicyclic amines) is 1. The predicted octanol–water partition coefficient (Wildman–Crippen LogP) is 2.90. The zero-order valence-corrected chi connectivity index (χ0v) is 12.7. The number of ether oxygens (including phenoxy) is 1. The highest BCUT2D eigenvalue weighted by Crippen LogP contribution is 2.20. The van der Waals surface area contributed by atoms with Crippen molar-refractivity contribution in [2.75, 3.05) is 32.1 Å². The van der Waals surface area contributed by atoms with Gasteiger partial charge in [0.1, 0.15) is 5.82 Å². The minimum atomic E-state index is -0.645. The molecule has 4 nitrogen and oxygen atoms in total. The van der Waals surface area contributed by atoms with Gasteiger partial charge < -0.3 is 15.0 Å². The van der Waals surface area contributed by atoms with E-state index in [4.69, 9.17) is 0 Å². The van der Waals surface area contributed by atoms with Crippen LogP contribution in [0.3, 0.4) is 0 Å². The highest BCUT2D eigenvalue weighted by atomic mass is 19.1. The monoisotopic (exact) mass is 294 g/mol. The van der Waals surface area contributed by atoms with Crippen LogP contribution in [0.4, 0.5) is 10.1 Å². The van der Waals surface area contributed by atoms with Crippen LogP contribution in [0.5, 0.6) is 0 Å². The highest BCUT2D eigenvalue weighted by molar-refractivity contribution is 5.90. The normalized spacial score (nSPS) is 16.7. The fraction of sp³-hybridized carbons (Fsp3) is 0.562. The number of hydrogen-bond donors (Lipinski definition) is 1. The van der Waals surface area contributed by atoms with E-state index in [2.05, 4.69) is 21.9 Å². The molecule has 5 heteroatoms. The molecule has 21 heavy (non-hydrogen) atoms. The molecule has 1 N–H and O–H groups in total. The summed E-state index contributed by atoms with van der Waals surface area (Å²) in [5.41, 5.74) is 0.747. The molecular formula is C16H23FN2O2. The van der Waals surface area contributed by atoms with Crippen molar-refractivity contribution in [3.63, 3.8) is 0 Å². The number of rotatable bonds is 5. The first-order valence-electron chi connectivity index (χ1n) is 7.50. The minimum absolute atomic E-state index is 0.0223. The summed E-state index contributed by atoms with van der Waals surface area (Å²) in [6, 6.07) is 4.87. The van der Waals surface area contributed by atoms with Crippen molar-refractivity contribution >= 4 is 11.7 Å². The molecule has 0 amide bonds. The van der Waals surface area contributed by atoms with Gasteiger partial charge in [-0.05, 0) is 44.0 Å². The van der Waals surface area contributed by atoms with Gasteiger partial charge in [0.2, 0.25) is 0 Å². The number of carbonyl (C=O) groups is 1. The van der Waals surface area contributed by atoms with Gasteiger partial charge in [0.15, 0.2) is 0 Å². The van der Waals surface area contributed by atoms with Gasteiger partial charge >= 0.3 is 5.97 Å². The molecule has 0 saturated carbocycles. The van der Waals surface area contributed by atoms with Gasteiger partial charge in [0.05, 0.1) is 12.7 Å². The Morgan fingerprint density at radius 2 is 2.14 bits per heavy atom. The number of nitrogens with one attached hydrogen (secondary N) is 1. The Morgan fingerprint density at radius 3 is 2.76 bits per heavy atom. The SMILES string of the molecule is CCCN1CCC(Nc2ccc(F)c(C(=O)OC)c2)CC1. The van der Waals surface area contributed by atoms with E-state index in [-0.39, 0.29) is 5.56 Å². The topological polar surface area (TPSA) is 41.6 Å². The predicted molar refractivity (Wildman–Crippen MR) is 81.1 cm³/mol. The second kappa shape index (κ2) is 7.41. The fourth-order valence-corrected chi connectivity index (χ4v) is 2.73. The first-order chi connectivity index (χ1) is 10.1. The van der Waals surface area contributed by atoms with Crippen LogP contribution in [0, 0.1) is 5.82 Å². The van der Waals surface area contributed by atoms with Crippen LogP contribution in [-0.4, -0.2) is 43.7 Å². The Balaban J connectivity index is 1.96. The van der Waals surface area contributed by atoms with Crippen molar-refractivity contribution in [1.82, 2.24) is 4.90 Å². The quantitative estimate of drug-likeness (QED) is 0.848. The molecule has 0 aliphatic carbocycles. The Labute approximate surface area is 125 Å². The van der Waals surface area contributed by atoms with Crippen molar-refractivity contribution in [1.29, 1.82) is 0 Å². The van der Waals surface area contributed by atoms with Gasteiger partial charge in [0, 0.05) is 24.8 Å². The first-order valence-corrected chi connectivity index (χ1v) is 7.50. The summed E-state index contributed by atoms with van der Waals surface area (Å²) >= 11 is 0. The summed E-state index contributed by atoms with van der Waals surface area (Å²) in [5.74, 6) is -1.20. The first kappa shape index (κ1) is 15.8. The Hall–Kier alpha value is -1.62. The van der Waals surface area contributed by atoms with Gasteiger partial charge in [-0.15, -0.1) is 0 Å². The fourth-order valence-electron chi connectivity index (χ4n) is 2.73. The molecule has 1 aromatic rings. The van der Waals surface area contributed by atoms with Crippen molar-refractivity contribution in [3.05, 3.63) is 29.6 Å². The molecule has 0 aromatic heterocycles. The molecule has 0 radical (unpaired) electrons. The molecule has 0 unspecified atom stereocenters. The largest absolute Gasteiger partial charge is 0.465 e. The zero-order chi connectivity index (χ0) is 15.2. The van der Waals surface area contributed by atoms with Gasteiger partial charge in [-0.2, -0.15) is 0 Å². The number of anilines is 1. The molecule has 1 fully saturated rings. The molecule has 1 saturated heterocycles. The average Bonchev–Trinajstić information content (AvgIpc) is 2.50. The lowest BCUT2D eigenvalue weighted by Crippen LogP contribution is -2.39. The number of halogens is 1. The Morgan fingerprint density at radius 1 is 1.43 bits per heavy atom. The number of piperidine rings is 1. The third-order valence-electron chi connectivity index (χ3n) is 3.87. The van der Waals surface area contributed by atoms with Crippen LogP contribution < -0.4 is 5.32 Å². The van der Waals surface area contributed by atoms with Crippen LogP contribution in [0.25, 0.3) is 0 Å². The second-order valence-electron chi connectivity index (χ2n) is 5.45. The standard InChI is InChI=1S/C16H23FN2O2/c1-3-8-19-9-6-12(7-10-19)18-13-4-5-15(17)14(11-13)16(20)21-2/h4-5,11-12,18H,3,6-10H2,1-2H3. The molecular weight excluding hydrogens is 271 g/mol. The van der Waals surface area contributed by atoms with Crippen LogP contribution in [0.2, 0.25) is 0 Å². The van der Waals surface area contributed by atoms with E-state index in [1.807, 2.05) is 0 Å². The van der Waals surface area contributed by atoms with E-state index in [1.165, 1.54) is 25.7 Å². The lowest BCUT2D eigenvalue weighted by Gasteiger charge is -2.32. The van der Waals surface area contributed by atoms with E-state index in [1.54, 1.807) is 6.07 Å². The van der Waals surface area contributed by atoms with E-state index >= 15 is 0 Å². The van der Waals surface area contributed by atoms with E-state index in [0.717, 1.165) is 38.2 Å². The summed E-state index contributed by atoms with van der Waals surface area (Å²) in [6.45, 7) is 5.50. The smallest absolute Gasteiger partial charge is 0.340 e. The average molecular weight is 294 g/mol. The number of carbonyl (C=O) groups excluding carboxylic acids is 1. The zero-order valence-electron chi connectivity index (χ0n) is 12.7. The molecule has 0 spiro atoms. The molecule has 116 valence electrons. The van der Waals surface area contributed by atoms with Gasteiger partial charge in [-0.3, -0.25) is 0 Å². The van der Waals surface area contributed by atoms with E-state index in [9.17, 15) is 9.18 Å². The van der Waals surface area contributed by atoms with Crippen molar-refractivity contribution in [3.8, 4) is 0 Å². The third kappa shape index (κ3) is 4.17. The van der Waals surface area contributed by atoms with Gasteiger partial charge in [0.25, 0.3) is 0 Å². The maximum Gasteiger partial charge on any atom is 0.340 e. The second-order valence-corrected chi connectivity index (χ2v) is 5.45. The number of hydrogen-bond acceptors (Lipinski definition) is 4. The molecule has 1 aliphatic rings. The summed E-state index contributed by atoms with van der Waals surface area (Å²) in [4.78, 5) is 14.0. The molecule has 1 aromatic carbocycles. The van der Waals surface area contributed by atoms with Gasteiger partial charge in [-0.25, -0.2) is 9.18 Å². The van der Waals surface area contributed by atoms with E-state index < -0.39 is 11.8 Å². The third-order valence-corrected chi connectivity index (χ3v) is 3.87. The summed E-state index contributed by atoms with van der Waals surface area (Å²) in [7, 11) is 1.26. The lowest BCUT2D eigenvalue weighted by molar-refractivity contribution is 0.0595. The van der Waals surface area contributed by atoms with Crippen molar-refractivity contribution in [2.45, 2.75) is 32.2 Å². The van der Waals surface area contributed by atoms with Crippen LogP contribution in [-0.2, 0) is 4.74 Å². The molecule has 2 rings (SSSR count). The molecule has 1 heterocycles.